The number of rotatable bonds is 7. The van der Waals surface area contributed by atoms with E-state index in [1.165, 1.54) is 19.2 Å². The van der Waals surface area contributed by atoms with E-state index in [0.29, 0.717) is 11.3 Å². The SMILES string of the molecule is CNS(=O)(=O)c1cccc(CNC(=O)C(C)Oc2ccc(C)cc2)c1. The highest BCUT2D eigenvalue weighted by atomic mass is 32.2. The molecular weight excluding hydrogens is 340 g/mol. The first kappa shape index (κ1) is 19.0. The molecular formula is C18H22N2O4S. The van der Waals surface area contributed by atoms with E-state index in [2.05, 4.69) is 10.0 Å². The lowest BCUT2D eigenvalue weighted by atomic mass is 10.2. The van der Waals surface area contributed by atoms with Crippen LogP contribution in [0.25, 0.3) is 0 Å². The van der Waals surface area contributed by atoms with Crippen molar-refractivity contribution in [2.45, 2.75) is 31.4 Å². The largest absolute Gasteiger partial charge is 0.481 e. The minimum Gasteiger partial charge on any atom is -0.481 e. The maximum absolute atomic E-state index is 12.2. The fourth-order valence-electron chi connectivity index (χ4n) is 2.15. The third-order valence-corrected chi connectivity index (χ3v) is 5.06. The van der Waals surface area contributed by atoms with Crippen LogP contribution in [0.15, 0.2) is 53.4 Å². The van der Waals surface area contributed by atoms with E-state index in [1.807, 2.05) is 31.2 Å². The fourth-order valence-corrected chi connectivity index (χ4v) is 2.95. The summed E-state index contributed by atoms with van der Waals surface area (Å²) in [5, 5.41) is 2.75. The Labute approximate surface area is 148 Å². The average molecular weight is 362 g/mol. The van der Waals surface area contributed by atoms with Gasteiger partial charge in [0, 0.05) is 6.54 Å². The van der Waals surface area contributed by atoms with Gasteiger partial charge in [0.2, 0.25) is 10.0 Å². The molecule has 25 heavy (non-hydrogen) atoms. The Hall–Kier alpha value is -2.38. The van der Waals surface area contributed by atoms with Crippen LogP contribution in [0.3, 0.4) is 0 Å². The summed E-state index contributed by atoms with van der Waals surface area (Å²) < 4.78 is 31.5. The molecule has 0 aliphatic carbocycles. The van der Waals surface area contributed by atoms with Gasteiger partial charge in [-0.25, -0.2) is 13.1 Å². The lowest BCUT2D eigenvalue weighted by Gasteiger charge is -2.15. The van der Waals surface area contributed by atoms with E-state index in [4.69, 9.17) is 4.74 Å². The normalized spacial score (nSPS) is 12.4. The van der Waals surface area contributed by atoms with Crippen LogP contribution in [0.1, 0.15) is 18.1 Å². The van der Waals surface area contributed by atoms with Gasteiger partial charge in [-0.05, 0) is 50.7 Å². The molecule has 0 aliphatic heterocycles. The van der Waals surface area contributed by atoms with Crippen molar-refractivity contribution in [1.82, 2.24) is 10.0 Å². The summed E-state index contributed by atoms with van der Waals surface area (Å²) in [6, 6.07) is 13.9. The number of nitrogens with one attached hydrogen (secondary N) is 2. The molecule has 0 aromatic heterocycles. The predicted octanol–water partition coefficient (Wildman–Crippen LogP) is 1.99. The van der Waals surface area contributed by atoms with E-state index in [0.717, 1.165) is 5.56 Å². The third-order valence-electron chi connectivity index (χ3n) is 3.65. The minimum atomic E-state index is -3.51. The topological polar surface area (TPSA) is 84.5 Å². The quantitative estimate of drug-likeness (QED) is 0.789. The Morgan fingerprint density at radius 2 is 1.84 bits per heavy atom. The number of carbonyl (C=O) groups excluding carboxylic acids is 1. The Morgan fingerprint density at radius 3 is 2.48 bits per heavy atom. The highest BCUT2D eigenvalue weighted by Crippen LogP contribution is 2.14. The number of aryl methyl sites for hydroxylation is 1. The maximum Gasteiger partial charge on any atom is 0.261 e. The zero-order chi connectivity index (χ0) is 18.4. The van der Waals surface area contributed by atoms with Crippen molar-refractivity contribution in [1.29, 1.82) is 0 Å². The molecule has 6 nitrogen and oxygen atoms in total. The summed E-state index contributed by atoms with van der Waals surface area (Å²) in [6.07, 6.45) is -0.660. The van der Waals surface area contributed by atoms with Gasteiger partial charge in [0.25, 0.3) is 5.91 Å². The van der Waals surface area contributed by atoms with E-state index in [1.54, 1.807) is 19.1 Å². The lowest BCUT2D eigenvalue weighted by molar-refractivity contribution is -0.127. The molecule has 7 heteroatoms. The summed E-state index contributed by atoms with van der Waals surface area (Å²) in [4.78, 5) is 12.3. The molecule has 134 valence electrons. The number of benzene rings is 2. The van der Waals surface area contributed by atoms with Crippen molar-refractivity contribution in [2.24, 2.45) is 0 Å². The first-order chi connectivity index (χ1) is 11.8. The zero-order valence-corrected chi connectivity index (χ0v) is 15.3. The van der Waals surface area contributed by atoms with Gasteiger partial charge < -0.3 is 10.1 Å². The molecule has 0 saturated carbocycles. The molecule has 2 aromatic rings. The van der Waals surface area contributed by atoms with Crippen molar-refractivity contribution < 1.29 is 17.9 Å². The summed E-state index contributed by atoms with van der Waals surface area (Å²) in [5.74, 6) is 0.345. The van der Waals surface area contributed by atoms with Crippen molar-refractivity contribution in [3.05, 3.63) is 59.7 Å². The van der Waals surface area contributed by atoms with E-state index in [9.17, 15) is 13.2 Å². The molecule has 0 saturated heterocycles. The molecule has 1 amide bonds. The second-order valence-electron chi connectivity index (χ2n) is 5.65. The summed E-state index contributed by atoms with van der Waals surface area (Å²) in [7, 11) is -2.15. The number of sulfonamides is 1. The van der Waals surface area contributed by atoms with Crippen molar-refractivity contribution in [3.63, 3.8) is 0 Å². The van der Waals surface area contributed by atoms with Gasteiger partial charge >= 0.3 is 0 Å². The highest BCUT2D eigenvalue weighted by molar-refractivity contribution is 7.89. The second kappa shape index (κ2) is 8.13. The molecule has 0 fully saturated rings. The van der Waals surface area contributed by atoms with Gasteiger partial charge in [-0.15, -0.1) is 0 Å². The smallest absolute Gasteiger partial charge is 0.261 e. The molecule has 1 unspecified atom stereocenters. The van der Waals surface area contributed by atoms with Crippen LogP contribution in [0, 0.1) is 6.92 Å². The molecule has 2 aromatic carbocycles. The Morgan fingerprint density at radius 1 is 1.16 bits per heavy atom. The molecule has 1 atom stereocenters. The predicted molar refractivity (Wildman–Crippen MR) is 95.8 cm³/mol. The van der Waals surface area contributed by atoms with Gasteiger partial charge in [0.05, 0.1) is 4.90 Å². The molecule has 0 heterocycles. The second-order valence-corrected chi connectivity index (χ2v) is 7.53. The maximum atomic E-state index is 12.2. The lowest BCUT2D eigenvalue weighted by Crippen LogP contribution is -2.35. The minimum absolute atomic E-state index is 0.158. The number of hydrogen-bond donors (Lipinski definition) is 2. The molecule has 0 bridgehead atoms. The highest BCUT2D eigenvalue weighted by Gasteiger charge is 2.15. The van der Waals surface area contributed by atoms with Crippen LogP contribution in [-0.4, -0.2) is 27.5 Å². The summed E-state index contributed by atoms with van der Waals surface area (Å²) in [5.41, 5.74) is 1.80. The first-order valence-corrected chi connectivity index (χ1v) is 9.33. The van der Waals surface area contributed by atoms with Crippen LogP contribution in [0.4, 0.5) is 0 Å². The number of hydrogen-bond acceptors (Lipinski definition) is 4. The van der Waals surface area contributed by atoms with Crippen molar-refractivity contribution in [3.8, 4) is 5.75 Å². The number of ether oxygens (including phenoxy) is 1. The van der Waals surface area contributed by atoms with Crippen molar-refractivity contribution in [2.75, 3.05) is 7.05 Å². The van der Waals surface area contributed by atoms with Gasteiger partial charge in [-0.2, -0.15) is 0 Å². The summed E-state index contributed by atoms with van der Waals surface area (Å²) >= 11 is 0. The standard InChI is InChI=1S/C18H22N2O4S/c1-13-7-9-16(10-8-13)24-14(2)18(21)20-12-15-5-4-6-17(11-15)25(22,23)19-3/h4-11,14,19H,12H2,1-3H3,(H,20,21). The van der Waals surface area contributed by atoms with Gasteiger partial charge in [0.15, 0.2) is 6.10 Å². The van der Waals surface area contributed by atoms with Gasteiger partial charge in [-0.1, -0.05) is 29.8 Å². The van der Waals surface area contributed by atoms with Crippen LogP contribution >= 0.6 is 0 Å². The molecule has 0 aliphatic rings. The zero-order valence-electron chi connectivity index (χ0n) is 14.4. The number of amides is 1. The molecule has 0 spiro atoms. The van der Waals surface area contributed by atoms with E-state index >= 15 is 0 Å². The monoisotopic (exact) mass is 362 g/mol. The van der Waals surface area contributed by atoms with Gasteiger partial charge in [0.1, 0.15) is 5.75 Å². The number of carbonyl (C=O) groups is 1. The molecule has 0 radical (unpaired) electrons. The van der Waals surface area contributed by atoms with Crippen LogP contribution in [-0.2, 0) is 21.4 Å². The Bertz CT molecular complexity index is 832. The summed E-state index contributed by atoms with van der Waals surface area (Å²) in [6.45, 7) is 3.85. The third kappa shape index (κ3) is 5.30. The molecule has 2 rings (SSSR count). The van der Waals surface area contributed by atoms with Crippen LogP contribution in [0.5, 0.6) is 5.75 Å². The van der Waals surface area contributed by atoms with Crippen molar-refractivity contribution >= 4 is 15.9 Å². The van der Waals surface area contributed by atoms with Crippen LogP contribution < -0.4 is 14.8 Å². The first-order valence-electron chi connectivity index (χ1n) is 7.85. The Balaban J connectivity index is 1.95. The average Bonchev–Trinajstić information content (AvgIpc) is 2.61. The molecule has 2 N–H and O–H groups in total. The Kier molecular flexibility index (Phi) is 6.17. The fraction of sp³-hybridized carbons (Fsp3) is 0.278. The van der Waals surface area contributed by atoms with Gasteiger partial charge in [-0.3, -0.25) is 4.79 Å². The van der Waals surface area contributed by atoms with Crippen LogP contribution in [0.2, 0.25) is 0 Å². The van der Waals surface area contributed by atoms with E-state index in [-0.39, 0.29) is 17.3 Å². The van der Waals surface area contributed by atoms with E-state index < -0.39 is 16.1 Å².